The zero-order valence-corrected chi connectivity index (χ0v) is 14.1. The maximum atomic E-state index is 5.60. The average molecular weight is 303 g/mol. The number of hydrogen-bond donors (Lipinski definition) is 0. The van der Waals surface area contributed by atoms with Gasteiger partial charge in [-0.15, -0.1) is 0 Å². The number of aryl methyl sites for hydroxylation is 1. The molecule has 0 N–H and O–H groups in total. The van der Waals surface area contributed by atoms with Crippen molar-refractivity contribution in [2.75, 3.05) is 20.8 Å². The minimum absolute atomic E-state index is 0.833. The second kappa shape index (κ2) is 7.31. The van der Waals surface area contributed by atoms with Crippen molar-refractivity contribution in [3.63, 3.8) is 0 Å². The number of rotatable bonds is 7. The van der Waals surface area contributed by atoms with Gasteiger partial charge in [0.2, 0.25) is 0 Å². The van der Waals surface area contributed by atoms with E-state index in [0.717, 1.165) is 36.7 Å². The van der Waals surface area contributed by atoms with Gasteiger partial charge in [0, 0.05) is 43.0 Å². The Kier molecular flexibility index (Phi) is 5.44. The molecular formula is C17H25N3O2. The van der Waals surface area contributed by atoms with Crippen molar-refractivity contribution in [1.29, 1.82) is 0 Å². The third-order valence-corrected chi connectivity index (χ3v) is 3.87. The molecule has 0 spiro atoms. The van der Waals surface area contributed by atoms with Gasteiger partial charge in [0.1, 0.15) is 11.5 Å². The van der Waals surface area contributed by atoms with Crippen LogP contribution in [0.25, 0.3) is 0 Å². The summed E-state index contributed by atoms with van der Waals surface area (Å²) in [6.45, 7) is 6.86. The van der Waals surface area contributed by atoms with E-state index in [9.17, 15) is 0 Å². The molecule has 0 aliphatic carbocycles. The second-order valence-electron chi connectivity index (χ2n) is 5.41. The topological polar surface area (TPSA) is 39.5 Å². The Morgan fingerprint density at radius 2 is 1.95 bits per heavy atom. The minimum Gasteiger partial charge on any atom is -0.496 e. The SMILES string of the molecule is CCN(Cc1cnn(C)c1)Cc1ccc(OC)c(C)c1OC. The van der Waals surface area contributed by atoms with Crippen LogP contribution in [0.4, 0.5) is 0 Å². The van der Waals surface area contributed by atoms with Crippen molar-refractivity contribution in [2.24, 2.45) is 7.05 Å². The smallest absolute Gasteiger partial charge is 0.129 e. The Balaban J connectivity index is 2.18. The molecule has 0 aliphatic heterocycles. The zero-order valence-electron chi connectivity index (χ0n) is 14.1. The van der Waals surface area contributed by atoms with Crippen molar-refractivity contribution in [1.82, 2.24) is 14.7 Å². The van der Waals surface area contributed by atoms with Crippen LogP contribution in [-0.4, -0.2) is 35.4 Å². The van der Waals surface area contributed by atoms with E-state index in [-0.39, 0.29) is 0 Å². The summed E-state index contributed by atoms with van der Waals surface area (Å²) in [5.74, 6) is 1.76. The summed E-state index contributed by atoms with van der Waals surface area (Å²) in [7, 11) is 5.33. The number of aromatic nitrogens is 2. The number of methoxy groups -OCH3 is 2. The summed E-state index contributed by atoms with van der Waals surface area (Å²) in [5.41, 5.74) is 3.43. The number of ether oxygens (including phenoxy) is 2. The van der Waals surface area contributed by atoms with Crippen molar-refractivity contribution < 1.29 is 9.47 Å². The first-order valence-corrected chi connectivity index (χ1v) is 7.49. The summed E-state index contributed by atoms with van der Waals surface area (Å²) < 4.78 is 12.8. The lowest BCUT2D eigenvalue weighted by Gasteiger charge is -2.22. The molecule has 1 heterocycles. The van der Waals surface area contributed by atoms with E-state index >= 15 is 0 Å². The first-order valence-electron chi connectivity index (χ1n) is 7.49. The van der Waals surface area contributed by atoms with E-state index in [0.29, 0.717) is 0 Å². The van der Waals surface area contributed by atoms with Crippen molar-refractivity contribution in [2.45, 2.75) is 26.9 Å². The molecule has 0 aliphatic rings. The standard InChI is InChI=1S/C17H25N3O2/c1-6-20(11-14-9-18-19(3)10-14)12-15-7-8-16(21-4)13(2)17(15)22-5/h7-10H,6,11-12H2,1-5H3. The number of nitrogens with zero attached hydrogens (tertiary/aromatic N) is 3. The maximum absolute atomic E-state index is 5.60. The Bertz CT molecular complexity index is 622. The van der Waals surface area contributed by atoms with Crippen molar-refractivity contribution >= 4 is 0 Å². The fraction of sp³-hybridized carbons (Fsp3) is 0.471. The summed E-state index contributed by atoms with van der Waals surface area (Å²) in [5, 5.41) is 4.23. The Labute approximate surface area is 132 Å². The summed E-state index contributed by atoms with van der Waals surface area (Å²) >= 11 is 0. The van der Waals surface area contributed by atoms with E-state index in [1.165, 1.54) is 11.1 Å². The van der Waals surface area contributed by atoms with E-state index in [1.807, 2.05) is 30.9 Å². The molecule has 0 amide bonds. The maximum Gasteiger partial charge on any atom is 0.129 e. The molecule has 0 fully saturated rings. The fourth-order valence-electron chi connectivity index (χ4n) is 2.69. The normalized spacial score (nSPS) is 11.0. The van der Waals surface area contributed by atoms with Crippen molar-refractivity contribution in [3.05, 3.63) is 41.2 Å². The molecule has 1 aromatic heterocycles. The van der Waals surface area contributed by atoms with Crippen LogP contribution in [-0.2, 0) is 20.1 Å². The molecule has 0 saturated carbocycles. The predicted molar refractivity (Wildman–Crippen MR) is 87.3 cm³/mol. The van der Waals surface area contributed by atoms with Crippen LogP contribution in [0.15, 0.2) is 24.5 Å². The molecule has 0 bridgehead atoms. The lowest BCUT2D eigenvalue weighted by molar-refractivity contribution is 0.265. The van der Waals surface area contributed by atoms with E-state index in [1.54, 1.807) is 14.2 Å². The van der Waals surface area contributed by atoms with Gasteiger partial charge in [-0.2, -0.15) is 5.10 Å². The molecule has 0 radical (unpaired) electrons. The highest BCUT2D eigenvalue weighted by Crippen LogP contribution is 2.32. The highest BCUT2D eigenvalue weighted by Gasteiger charge is 2.14. The van der Waals surface area contributed by atoms with Crippen molar-refractivity contribution in [3.8, 4) is 11.5 Å². The summed E-state index contributed by atoms with van der Waals surface area (Å²) in [6, 6.07) is 4.08. The van der Waals surface area contributed by atoms with Gasteiger partial charge < -0.3 is 9.47 Å². The van der Waals surface area contributed by atoms with Gasteiger partial charge in [-0.3, -0.25) is 9.58 Å². The Hall–Kier alpha value is -2.01. The molecule has 0 saturated heterocycles. The van der Waals surface area contributed by atoms with Gasteiger partial charge in [-0.25, -0.2) is 0 Å². The molecule has 2 aromatic rings. The molecule has 22 heavy (non-hydrogen) atoms. The first-order chi connectivity index (χ1) is 10.6. The van der Waals surface area contributed by atoms with Gasteiger partial charge in [0.05, 0.1) is 20.4 Å². The van der Waals surface area contributed by atoms with Crippen LogP contribution >= 0.6 is 0 Å². The van der Waals surface area contributed by atoms with Crippen LogP contribution in [0.1, 0.15) is 23.6 Å². The van der Waals surface area contributed by atoms with Crippen LogP contribution in [0, 0.1) is 6.92 Å². The number of benzene rings is 1. The fourth-order valence-corrected chi connectivity index (χ4v) is 2.69. The van der Waals surface area contributed by atoms with Gasteiger partial charge in [0.15, 0.2) is 0 Å². The second-order valence-corrected chi connectivity index (χ2v) is 5.41. The largest absolute Gasteiger partial charge is 0.496 e. The summed E-state index contributed by atoms with van der Waals surface area (Å²) in [6.07, 6.45) is 3.97. The molecule has 120 valence electrons. The Morgan fingerprint density at radius 3 is 2.50 bits per heavy atom. The molecule has 1 aromatic carbocycles. The third kappa shape index (κ3) is 3.60. The van der Waals surface area contributed by atoms with E-state index in [4.69, 9.17) is 9.47 Å². The molecule has 5 nitrogen and oxygen atoms in total. The zero-order chi connectivity index (χ0) is 16.1. The van der Waals surface area contributed by atoms with Gasteiger partial charge in [-0.1, -0.05) is 13.0 Å². The highest BCUT2D eigenvalue weighted by molar-refractivity contribution is 5.49. The lowest BCUT2D eigenvalue weighted by atomic mass is 10.1. The molecule has 5 heteroatoms. The van der Waals surface area contributed by atoms with E-state index in [2.05, 4.69) is 29.2 Å². The monoisotopic (exact) mass is 303 g/mol. The van der Waals surface area contributed by atoms with E-state index < -0.39 is 0 Å². The molecule has 0 atom stereocenters. The van der Waals surface area contributed by atoms with Crippen LogP contribution in [0.5, 0.6) is 11.5 Å². The lowest BCUT2D eigenvalue weighted by Crippen LogP contribution is -2.22. The minimum atomic E-state index is 0.833. The molecule has 2 rings (SSSR count). The predicted octanol–water partition coefficient (Wildman–Crippen LogP) is 2.77. The summed E-state index contributed by atoms with van der Waals surface area (Å²) in [4.78, 5) is 2.36. The van der Waals surface area contributed by atoms with Gasteiger partial charge in [0.25, 0.3) is 0 Å². The Morgan fingerprint density at radius 1 is 1.18 bits per heavy atom. The van der Waals surface area contributed by atoms with Crippen LogP contribution < -0.4 is 9.47 Å². The quantitative estimate of drug-likeness (QED) is 0.788. The van der Waals surface area contributed by atoms with Crippen LogP contribution in [0.2, 0.25) is 0 Å². The average Bonchev–Trinajstić information content (AvgIpc) is 2.92. The number of hydrogen-bond acceptors (Lipinski definition) is 4. The van der Waals surface area contributed by atoms with Gasteiger partial charge in [-0.05, 0) is 19.5 Å². The highest BCUT2D eigenvalue weighted by atomic mass is 16.5. The molecule has 0 unspecified atom stereocenters. The molecular weight excluding hydrogens is 278 g/mol. The van der Waals surface area contributed by atoms with Crippen LogP contribution in [0.3, 0.4) is 0 Å². The first kappa shape index (κ1) is 16.4. The van der Waals surface area contributed by atoms with Gasteiger partial charge >= 0.3 is 0 Å². The third-order valence-electron chi connectivity index (χ3n) is 3.87.